The highest BCUT2D eigenvalue weighted by molar-refractivity contribution is 5.79. The van der Waals surface area contributed by atoms with Gasteiger partial charge in [0.1, 0.15) is 0 Å². The summed E-state index contributed by atoms with van der Waals surface area (Å²) in [5.74, 6) is 6.33. The van der Waals surface area contributed by atoms with Gasteiger partial charge < -0.3 is 4.90 Å². The largest absolute Gasteiger partial charge is 0.339 e. The lowest BCUT2D eigenvalue weighted by molar-refractivity contribution is 0.179. The minimum atomic E-state index is 0.278. The number of piperazine rings is 1. The fourth-order valence-electron chi connectivity index (χ4n) is 1.95. The number of hydrazine groups is 1. The van der Waals surface area contributed by atoms with Gasteiger partial charge in [0.05, 0.1) is 0 Å². The molecule has 94 valence electrons. The predicted octanol–water partition coefficient (Wildman–Crippen LogP) is 0.242. The van der Waals surface area contributed by atoms with Crippen LogP contribution in [0.2, 0.25) is 0 Å². The molecule has 1 rings (SSSR count). The van der Waals surface area contributed by atoms with Gasteiger partial charge in [0.15, 0.2) is 0 Å². The topological polar surface area (TPSA) is 56.9 Å². The summed E-state index contributed by atoms with van der Waals surface area (Å²) in [4.78, 5) is 9.19. The van der Waals surface area contributed by atoms with Gasteiger partial charge in [0, 0.05) is 32.2 Å². The van der Waals surface area contributed by atoms with Crippen LogP contribution in [0.1, 0.15) is 27.2 Å². The van der Waals surface area contributed by atoms with Crippen molar-refractivity contribution in [3.63, 3.8) is 0 Å². The Balaban J connectivity index is 2.45. The van der Waals surface area contributed by atoms with Crippen molar-refractivity contribution in [2.24, 2.45) is 10.8 Å². The Kier molecular flexibility index (Phi) is 5.55. The summed E-state index contributed by atoms with van der Waals surface area (Å²) in [5, 5.41) is 0. The summed E-state index contributed by atoms with van der Waals surface area (Å²) in [6, 6.07) is 0.278. The number of hydrogen-bond donors (Lipinski definition) is 2. The van der Waals surface area contributed by atoms with Crippen molar-refractivity contribution < 1.29 is 0 Å². The van der Waals surface area contributed by atoms with Gasteiger partial charge in [-0.1, -0.05) is 6.92 Å². The first-order chi connectivity index (χ1) is 7.67. The first-order valence-electron chi connectivity index (χ1n) is 6.19. The summed E-state index contributed by atoms with van der Waals surface area (Å²) < 4.78 is 0. The average Bonchev–Trinajstić information content (AvgIpc) is 2.27. The second-order valence-corrected chi connectivity index (χ2v) is 4.52. The van der Waals surface area contributed by atoms with Crippen LogP contribution in [0, 0.1) is 0 Å². The number of rotatable bonds is 3. The van der Waals surface area contributed by atoms with Crippen LogP contribution in [0.4, 0.5) is 0 Å². The standard InChI is InChI=1S/C11H25N5/c1-4-5-15-6-8-16(9-7-15)11(14-12)13-10(2)3/h10H,4-9,12H2,1-3H3,(H,13,14). The van der Waals surface area contributed by atoms with E-state index < -0.39 is 0 Å². The lowest BCUT2D eigenvalue weighted by atomic mass is 10.3. The Morgan fingerprint density at radius 2 is 1.94 bits per heavy atom. The molecule has 0 bridgehead atoms. The molecule has 0 aromatic rings. The van der Waals surface area contributed by atoms with Crippen LogP contribution >= 0.6 is 0 Å². The van der Waals surface area contributed by atoms with Crippen molar-refractivity contribution in [1.29, 1.82) is 0 Å². The van der Waals surface area contributed by atoms with E-state index in [-0.39, 0.29) is 6.04 Å². The number of nitrogens with zero attached hydrogens (tertiary/aromatic N) is 3. The van der Waals surface area contributed by atoms with Gasteiger partial charge in [-0.2, -0.15) is 0 Å². The predicted molar refractivity (Wildman–Crippen MR) is 68.2 cm³/mol. The van der Waals surface area contributed by atoms with E-state index in [2.05, 4.69) is 41.0 Å². The van der Waals surface area contributed by atoms with Gasteiger partial charge in [0.25, 0.3) is 0 Å². The molecule has 0 saturated carbocycles. The lowest BCUT2D eigenvalue weighted by Gasteiger charge is -2.36. The minimum Gasteiger partial charge on any atom is -0.339 e. The number of nitrogens with two attached hydrogens (primary N) is 1. The van der Waals surface area contributed by atoms with Gasteiger partial charge in [-0.25, -0.2) is 10.8 Å². The summed E-state index contributed by atoms with van der Waals surface area (Å²) >= 11 is 0. The van der Waals surface area contributed by atoms with Crippen molar-refractivity contribution in [1.82, 2.24) is 15.2 Å². The zero-order valence-electron chi connectivity index (χ0n) is 10.7. The Hall–Kier alpha value is -0.810. The molecular weight excluding hydrogens is 202 g/mol. The average molecular weight is 227 g/mol. The molecule has 0 radical (unpaired) electrons. The molecule has 1 aliphatic rings. The van der Waals surface area contributed by atoms with E-state index >= 15 is 0 Å². The van der Waals surface area contributed by atoms with Crippen LogP contribution in [0.3, 0.4) is 0 Å². The molecule has 0 unspecified atom stereocenters. The van der Waals surface area contributed by atoms with Crippen molar-refractivity contribution in [3.8, 4) is 0 Å². The zero-order valence-corrected chi connectivity index (χ0v) is 10.7. The molecule has 0 atom stereocenters. The molecule has 1 fully saturated rings. The van der Waals surface area contributed by atoms with Crippen molar-refractivity contribution in [3.05, 3.63) is 0 Å². The number of hydrogen-bond acceptors (Lipinski definition) is 3. The molecule has 1 aliphatic heterocycles. The monoisotopic (exact) mass is 227 g/mol. The van der Waals surface area contributed by atoms with Gasteiger partial charge in [-0.05, 0) is 26.8 Å². The quantitative estimate of drug-likeness (QED) is 0.314. The number of aliphatic imine (C=N–C) groups is 1. The third kappa shape index (κ3) is 3.98. The molecule has 16 heavy (non-hydrogen) atoms. The van der Waals surface area contributed by atoms with Gasteiger partial charge >= 0.3 is 0 Å². The highest BCUT2D eigenvalue weighted by Crippen LogP contribution is 2.03. The first kappa shape index (κ1) is 13.3. The van der Waals surface area contributed by atoms with Gasteiger partial charge in [0.2, 0.25) is 5.96 Å². The summed E-state index contributed by atoms with van der Waals surface area (Å²) in [6.07, 6.45) is 1.22. The van der Waals surface area contributed by atoms with Crippen LogP contribution in [-0.2, 0) is 0 Å². The molecule has 0 aromatic carbocycles. The molecular formula is C11H25N5. The second-order valence-electron chi connectivity index (χ2n) is 4.52. The van der Waals surface area contributed by atoms with Crippen LogP contribution < -0.4 is 11.3 Å². The fraction of sp³-hybridized carbons (Fsp3) is 0.909. The smallest absolute Gasteiger partial charge is 0.208 e. The van der Waals surface area contributed by atoms with Gasteiger partial charge in [-0.15, -0.1) is 0 Å². The van der Waals surface area contributed by atoms with Gasteiger partial charge in [-0.3, -0.25) is 10.3 Å². The molecule has 1 heterocycles. The normalized spacial score (nSPS) is 19.3. The van der Waals surface area contributed by atoms with E-state index in [0.717, 1.165) is 32.1 Å². The van der Waals surface area contributed by atoms with Crippen LogP contribution in [0.25, 0.3) is 0 Å². The van der Waals surface area contributed by atoms with Crippen molar-refractivity contribution in [2.75, 3.05) is 32.7 Å². The summed E-state index contributed by atoms with van der Waals surface area (Å²) in [5.41, 5.74) is 2.71. The van der Waals surface area contributed by atoms with Crippen molar-refractivity contribution in [2.45, 2.75) is 33.2 Å². The first-order valence-corrected chi connectivity index (χ1v) is 6.19. The third-order valence-electron chi connectivity index (χ3n) is 2.72. The third-order valence-corrected chi connectivity index (χ3v) is 2.72. The second kappa shape index (κ2) is 6.70. The molecule has 5 heteroatoms. The molecule has 0 spiro atoms. The Bertz CT molecular complexity index is 218. The summed E-state index contributed by atoms with van der Waals surface area (Å²) in [7, 11) is 0. The Morgan fingerprint density at radius 3 is 2.38 bits per heavy atom. The number of nitrogens with one attached hydrogen (secondary N) is 1. The fourth-order valence-corrected chi connectivity index (χ4v) is 1.95. The molecule has 0 amide bonds. The Labute approximate surface area is 98.7 Å². The molecule has 0 aliphatic carbocycles. The van der Waals surface area contributed by atoms with E-state index in [1.807, 2.05) is 0 Å². The van der Waals surface area contributed by atoms with E-state index in [0.29, 0.717) is 0 Å². The van der Waals surface area contributed by atoms with E-state index in [4.69, 9.17) is 5.84 Å². The highest BCUT2D eigenvalue weighted by atomic mass is 15.4. The SMILES string of the molecule is CCCN1CCN(C(=NC(C)C)NN)CC1. The van der Waals surface area contributed by atoms with Crippen LogP contribution in [-0.4, -0.2) is 54.5 Å². The Morgan fingerprint density at radius 1 is 1.31 bits per heavy atom. The minimum absolute atomic E-state index is 0.278. The molecule has 0 aromatic heterocycles. The van der Waals surface area contributed by atoms with Crippen LogP contribution in [0.5, 0.6) is 0 Å². The maximum Gasteiger partial charge on any atom is 0.208 e. The molecule has 5 nitrogen and oxygen atoms in total. The zero-order chi connectivity index (χ0) is 12.0. The number of guanidine groups is 1. The molecule has 1 saturated heterocycles. The van der Waals surface area contributed by atoms with Crippen LogP contribution in [0.15, 0.2) is 4.99 Å². The molecule has 3 N–H and O–H groups in total. The summed E-state index contributed by atoms with van der Waals surface area (Å²) in [6.45, 7) is 11.8. The maximum atomic E-state index is 5.51. The van der Waals surface area contributed by atoms with E-state index in [1.54, 1.807) is 0 Å². The maximum absolute atomic E-state index is 5.51. The van der Waals surface area contributed by atoms with E-state index in [9.17, 15) is 0 Å². The lowest BCUT2D eigenvalue weighted by Crippen LogP contribution is -2.54. The van der Waals surface area contributed by atoms with E-state index in [1.165, 1.54) is 13.0 Å². The van der Waals surface area contributed by atoms with Crippen molar-refractivity contribution >= 4 is 5.96 Å². The highest BCUT2D eigenvalue weighted by Gasteiger charge is 2.18.